The molecule has 2 unspecified atom stereocenters. The summed E-state index contributed by atoms with van der Waals surface area (Å²) in [6.07, 6.45) is 10.5. The van der Waals surface area contributed by atoms with Crippen LogP contribution in [-0.2, 0) is 0 Å². The topological polar surface area (TPSA) is 43.0 Å². The number of aromatic nitrogens is 1. The van der Waals surface area contributed by atoms with Crippen molar-refractivity contribution in [2.45, 2.75) is 19.1 Å². The van der Waals surface area contributed by atoms with Crippen LogP contribution < -0.4 is 11.1 Å². The van der Waals surface area contributed by atoms with Crippen LogP contribution in [0.5, 0.6) is 0 Å². The quantitative estimate of drug-likeness (QED) is 0.846. The van der Waals surface area contributed by atoms with E-state index in [0.717, 1.165) is 0 Å². The third-order valence-corrected chi connectivity index (χ3v) is 3.33. The van der Waals surface area contributed by atoms with Crippen LogP contribution in [0.4, 0.5) is 0 Å². The van der Waals surface area contributed by atoms with Gasteiger partial charge in [-0.1, -0.05) is 24.3 Å². The monoisotopic (exact) mass is 239 g/mol. The number of rotatable bonds is 2. The lowest BCUT2D eigenvalue weighted by molar-refractivity contribution is 0.560. The fraction of sp³-hybridized carbons (Fsp3) is 0.200. The van der Waals surface area contributed by atoms with Crippen molar-refractivity contribution < 1.29 is 0 Å². The van der Waals surface area contributed by atoms with Crippen molar-refractivity contribution in [3.63, 3.8) is 0 Å². The molecule has 0 aliphatic carbocycles. The Bertz CT molecular complexity index is 620. The van der Waals surface area contributed by atoms with Gasteiger partial charge in [-0.3, -0.25) is 0 Å². The Labute approximate surface area is 107 Å². The Kier molecular flexibility index (Phi) is 2.68. The number of hydrogen-bond donors (Lipinski definition) is 2. The van der Waals surface area contributed by atoms with Gasteiger partial charge < -0.3 is 15.6 Å². The molecule has 3 rings (SSSR count). The maximum Gasteiger partial charge on any atom is 0.122 e. The molecule has 0 bridgehead atoms. The first-order valence-electron chi connectivity index (χ1n) is 6.22. The van der Waals surface area contributed by atoms with Gasteiger partial charge in [-0.2, -0.15) is 0 Å². The number of fused-ring (bicyclic) bond motifs is 1. The summed E-state index contributed by atoms with van der Waals surface area (Å²) in [4.78, 5) is 0. The van der Waals surface area contributed by atoms with Gasteiger partial charge in [-0.05, 0) is 36.9 Å². The van der Waals surface area contributed by atoms with Crippen molar-refractivity contribution in [2.75, 3.05) is 0 Å². The number of nitrogens with zero attached hydrogens (tertiary/aromatic N) is 1. The Hall–Kier alpha value is -2.00. The van der Waals surface area contributed by atoms with E-state index in [0.29, 0.717) is 0 Å². The van der Waals surface area contributed by atoms with Crippen LogP contribution in [0, 0.1) is 0 Å². The average Bonchev–Trinajstić information content (AvgIpc) is 2.79. The van der Waals surface area contributed by atoms with Crippen molar-refractivity contribution in [1.82, 2.24) is 9.88 Å². The molecule has 0 amide bonds. The molecule has 2 heterocycles. The molecule has 1 aliphatic rings. The normalized spacial score (nSPS) is 20.0. The molecule has 3 heteroatoms. The van der Waals surface area contributed by atoms with Crippen LogP contribution in [0.3, 0.4) is 0 Å². The van der Waals surface area contributed by atoms with E-state index in [2.05, 4.69) is 52.5 Å². The van der Waals surface area contributed by atoms with E-state index in [9.17, 15) is 0 Å². The first kappa shape index (κ1) is 11.1. The number of benzene rings is 1. The van der Waals surface area contributed by atoms with Gasteiger partial charge in [0.25, 0.3) is 0 Å². The number of allylic oxidation sites excluding steroid dienone is 2. The van der Waals surface area contributed by atoms with Crippen LogP contribution in [0.25, 0.3) is 10.9 Å². The van der Waals surface area contributed by atoms with Crippen LogP contribution in [0.2, 0.25) is 0 Å². The predicted octanol–water partition coefficient (Wildman–Crippen LogP) is 2.83. The van der Waals surface area contributed by atoms with Gasteiger partial charge in [0, 0.05) is 17.6 Å². The molecule has 2 atom stereocenters. The Morgan fingerprint density at radius 3 is 2.83 bits per heavy atom. The van der Waals surface area contributed by atoms with E-state index < -0.39 is 0 Å². The smallest absolute Gasteiger partial charge is 0.122 e. The van der Waals surface area contributed by atoms with Crippen molar-refractivity contribution in [3.05, 3.63) is 60.5 Å². The molecule has 1 aliphatic heterocycles. The molecule has 2 aromatic rings. The van der Waals surface area contributed by atoms with E-state index in [4.69, 9.17) is 5.73 Å². The largest absolute Gasteiger partial charge is 0.368 e. The van der Waals surface area contributed by atoms with E-state index >= 15 is 0 Å². The zero-order valence-corrected chi connectivity index (χ0v) is 10.4. The van der Waals surface area contributed by atoms with Crippen molar-refractivity contribution in [1.29, 1.82) is 0 Å². The second-order valence-corrected chi connectivity index (χ2v) is 4.65. The highest BCUT2D eigenvalue weighted by Crippen LogP contribution is 2.28. The fourth-order valence-electron chi connectivity index (χ4n) is 2.43. The maximum atomic E-state index is 6.06. The van der Waals surface area contributed by atoms with Crippen LogP contribution in [-0.4, -0.2) is 4.57 Å². The molecule has 0 radical (unpaired) electrons. The molecule has 0 fully saturated rings. The average molecular weight is 239 g/mol. The summed E-state index contributed by atoms with van der Waals surface area (Å²) < 4.78 is 2.23. The lowest BCUT2D eigenvalue weighted by atomic mass is 10.1. The summed E-state index contributed by atoms with van der Waals surface area (Å²) in [5.41, 5.74) is 8.46. The van der Waals surface area contributed by atoms with Gasteiger partial charge in [-0.15, -0.1) is 0 Å². The number of nitrogens with one attached hydrogen (secondary N) is 1. The fourth-order valence-corrected chi connectivity index (χ4v) is 2.43. The molecule has 18 heavy (non-hydrogen) atoms. The summed E-state index contributed by atoms with van der Waals surface area (Å²) in [5, 5.41) is 4.57. The Balaban J connectivity index is 2.17. The summed E-state index contributed by atoms with van der Waals surface area (Å²) >= 11 is 0. The van der Waals surface area contributed by atoms with Crippen LogP contribution in [0.1, 0.15) is 24.7 Å². The molecule has 1 aromatic heterocycles. The van der Waals surface area contributed by atoms with E-state index in [1.165, 1.54) is 16.5 Å². The van der Waals surface area contributed by atoms with Crippen LogP contribution >= 0.6 is 0 Å². The van der Waals surface area contributed by atoms with Crippen molar-refractivity contribution in [3.8, 4) is 0 Å². The lowest BCUT2D eigenvalue weighted by Gasteiger charge is -2.18. The second-order valence-electron chi connectivity index (χ2n) is 4.65. The summed E-state index contributed by atoms with van der Waals surface area (Å²) in [5.74, 6) is 0. The lowest BCUT2D eigenvalue weighted by Crippen LogP contribution is -2.21. The van der Waals surface area contributed by atoms with Crippen LogP contribution in [0.15, 0.2) is 54.9 Å². The molecule has 0 saturated heterocycles. The first-order valence-corrected chi connectivity index (χ1v) is 6.22. The zero-order valence-electron chi connectivity index (χ0n) is 10.4. The number of hydrogen-bond acceptors (Lipinski definition) is 2. The standard InChI is InChI=1S/C15H17N3/c1-11(16)13-10-18(15-8-4-5-9-17-15)14-7-3-2-6-12(13)14/h2-11,15,17H,16H2,1H3. The molecule has 0 saturated carbocycles. The number of nitrogens with two attached hydrogens (primary N) is 1. The van der Waals surface area contributed by atoms with E-state index in [1.54, 1.807) is 0 Å². The SMILES string of the molecule is CC(N)c1cn(C2C=CC=CN2)c2ccccc12. The maximum absolute atomic E-state index is 6.06. The summed E-state index contributed by atoms with van der Waals surface area (Å²) in [7, 11) is 0. The van der Waals surface area contributed by atoms with Crippen molar-refractivity contribution in [2.24, 2.45) is 5.73 Å². The Morgan fingerprint density at radius 1 is 1.28 bits per heavy atom. The van der Waals surface area contributed by atoms with Gasteiger partial charge in [0.1, 0.15) is 6.17 Å². The minimum atomic E-state index is 0.0410. The Morgan fingerprint density at radius 2 is 2.11 bits per heavy atom. The molecular weight excluding hydrogens is 222 g/mol. The molecule has 92 valence electrons. The highest BCUT2D eigenvalue weighted by Gasteiger charge is 2.15. The van der Waals surface area contributed by atoms with Gasteiger partial charge in [0.15, 0.2) is 0 Å². The van der Waals surface area contributed by atoms with Gasteiger partial charge in [0.05, 0.1) is 5.52 Å². The van der Waals surface area contributed by atoms with Gasteiger partial charge in [0.2, 0.25) is 0 Å². The number of dihydropyridines is 1. The third kappa shape index (κ3) is 1.73. The molecule has 3 nitrogen and oxygen atoms in total. The summed E-state index contributed by atoms with van der Waals surface area (Å²) in [6.45, 7) is 2.02. The van der Waals surface area contributed by atoms with Gasteiger partial charge >= 0.3 is 0 Å². The molecule has 3 N–H and O–H groups in total. The molecular formula is C15H17N3. The summed E-state index contributed by atoms with van der Waals surface area (Å²) in [6, 6.07) is 8.43. The minimum absolute atomic E-state index is 0.0410. The number of para-hydroxylation sites is 1. The second kappa shape index (κ2) is 4.35. The zero-order chi connectivity index (χ0) is 12.5. The minimum Gasteiger partial charge on any atom is -0.368 e. The molecule has 0 spiro atoms. The molecule has 1 aromatic carbocycles. The van der Waals surface area contributed by atoms with Crippen molar-refractivity contribution >= 4 is 10.9 Å². The highest BCUT2D eigenvalue weighted by molar-refractivity contribution is 5.84. The van der Waals surface area contributed by atoms with E-state index in [1.807, 2.05) is 19.2 Å². The third-order valence-electron chi connectivity index (χ3n) is 3.33. The highest BCUT2D eigenvalue weighted by atomic mass is 15.2. The first-order chi connectivity index (χ1) is 8.77. The van der Waals surface area contributed by atoms with E-state index in [-0.39, 0.29) is 12.2 Å². The van der Waals surface area contributed by atoms with Gasteiger partial charge in [-0.25, -0.2) is 0 Å². The predicted molar refractivity (Wildman–Crippen MR) is 75.0 cm³/mol.